The van der Waals surface area contributed by atoms with Crippen LogP contribution in [0.4, 0.5) is 26.3 Å². The van der Waals surface area contributed by atoms with Gasteiger partial charge in [0.15, 0.2) is 5.78 Å². The van der Waals surface area contributed by atoms with Crippen molar-refractivity contribution in [2.24, 2.45) is 11.8 Å². The molecule has 22 rings (SSSR count). The number of fused-ring (bicyclic) bond motifs is 6. The minimum Gasteiger partial charge on any atom is -0.508 e. The van der Waals surface area contributed by atoms with Crippen LogP contribution in [0.1, 0.15) is 152 Å². The number of phenols is 2. The van der Waals surface area contributed by atoms with Crippen LogP contribution in [0.3, 0.4) is 0 Å². The molecule has 3 N–H and O–H groups in total. The Labute approximate surface area is 814 Å². The van der Waals surface area contributed by atoms with E-state index in [0.29, 0.717) is 56.0 Å². The van der Waals surface area contributed by atoms with Gasteiger partial charge >= 0.3 is 0 Å². The number of likely N-dealkylation sites (N-methyl/N-ethyl adjacent to an activating group) is 1. The summed E-state index contributed by atoms with van der Waals surface area (Å²) in [6.45, 7) is 20.0. The van der Waals surface area contributed by atoms with E-state index >= 15 is 0 Å². The highest BCUT2D eigenvalue weighted by atomic mass is 19.1. The van der Waals surface area contributed by atoms with Crippen LogP contribution in [0.25, 0.3) is 33.4 Å². The molecule has 8 heterocycles. The lowest BCUT2D eigenvalue weighted by atomic mass is 9.89. The van der Waals surface area contributed by atoms with Crippen molar-refractivity contribution >= 4 is 39.2 Å². The second-order valence-electron chi connectivity index (χ2n) is 36.3. The highest BCUT2D eigenvalue weighted by Crippen LogP contribution is 2.48. The highest BCUT2D eigenvalue weighted by Gasteiger charge is 2.33. The van der Waals surface area contributed by atoms with Crippen molar-refractivity contribution in [1.29, 1.82) is 0 Å². The molecule has 2 saturated carbocycles. The molecule has 2 saturated heterocycles. The molecule has 16 nitrogen and oxygen atoms in total. The lowest BCUT2D eigenvalue weighted by molar-refractivity contribution is -0.113. The zero-order chi connectivity index (χ0) is 97.3. The maximum Gasteiger partial charge on any atom is 0.159 e. The number of aromatic hydroxyl groups is 2. The fourth-order valence-corrected chi connectivity index (χ4v) is 18.5. The molecule has 0 spiro atoms. The lowest BCUT2D eigenvalue weighted by Crippen LogP contribution is -2.26. The number of benzene rings is 12. The maximum absolute atomic E-state index is 13.4. The van der Waals surface area contributed by atoms with Gasteiger partial charge in [-0.3, -0.25) is 14.6 Å². The minimum absolute atomic E-state index is 0.0622. The number of hydrogen-bond acceptors (Lipinski definition) is 16. The molecule has 22 heteroatoms. The number of Topliss-reactive ketones (excluding diaryl/α,β-unsaturated/α-hetero) is 1. The summed E-state index contributed by atoms with van der Waals surface area (Å²) in [6.07, 6.45) is 11.0. The first kappa shape index (κ1) is 97.5. The van der Waals surface area contributed by atoms with Crippen LogP contribution < -0.4 is 52.7 Å². The third-order valence-corrected chi connectivity index (χ3v) is 26.2. The number of carbonyl (C=O) groups is 1. The number of ether oxygens (including phenoxy) is 10. The molecule has 12 aromatic rings. The molecule has 0 bridgehead atoms. The number of phenolic OH excluding ortho intramolecular Hbond substituents is 2. The van der Waals surface area contributed by atoms with Crippen molar-refractivity contribution in [1.82, 2.24) is 15.1 Å². The summed E-state index contributed by atoms with van der Waals surface area (Å²) in [7, 11) is 3.25. The van der Waals surface area contributed by atoms with Crippen molar-refractivity contribution in [3.63, 3.8) is 0 Å². The van der Waals surface area contributed by atoms with Crippen LogP contribution in [0.2, 0.25) is 0 Å². The quantitative estimate of drug-likeness (QED) is 0.0517. The summed E-state index contributed by atoms with van der Waals surface area (Å²) in [5, 5.41) is 22.9. The average Bonchev–Trinajstić information content (AvgIpc) is 1.18. The van der Waals surface area contributed by atoms with Crippen molar-refractivity contribution in [3.05, 3.63) is 390 Å². The van der Waals surface area contributed by atoms with E-state index in [4.69, 9.17) is 47.4 Å². The largest absolute Gasteiger partial charge is 0.508 e. The number of ketones is 1. The number of nitrogens with zero attached hydrogens (tertiary/aromatic N) is 2. The van der Waals surface area contributed by atoms with Gasteiger partial charge in [-0.1, -0.05) is 86.6 Å². The second-order valence-corrected chi connectivity index (χ2v) is 36.3. The predicted octanol–water partition coefficient (Wildman–Crippen LogP) is 24.9. The smallest absolute Gasteiger partial charge is 0.159 e. The van der Waals surface area contributed by atoms with E-state index < -0.39 is 0 Å². The SMILES string of the molecule is CC1=C(c2ccc(F)cc2)c2cc(O)ccc2OC1.CCC1=C(c2ccc(F)cc2)c2cc(OCC3CC3)ccc2OC1.CCNCC1=C(c2ccc(F)cc2)c2cc(OCC3CC3)ccc2OC1.COc1ccc2c(c1)C(c1ccc(F)cc1)=C(C(C)=O)CO2.COc1ccc2c(c1)C(c1ccc(F)cc1)=C(CN1CCCC1)CO2.Oc1ccc2c(c1)C(c1ccc(F)cc1)=C(CN1CCCC1)CO2. The van der Waals surface area contributed by atoms with Crippen molar-refractivity contribution in [2.45, 2.75) is 85.5 Å². The standard InChI is InChI=1S/C22H24FNO2.C21H22FNO2.C21H21FO2.C20H20FNO2.C18H15FO3.C16H13FO2/c1-2-24-12-17-14-26-21-10-9-19(25-13-15-3-4-15)11-20(21)22(17)16-5-7-18(23)8-6-16;1-24-18-8-9-20-19(12-18)21(15-4-6-17(22)7-5-15)16(14-25-20)13-23-10-2-3-11-23;1-2-15-13-24-20-10-9-18(23-12-14-3-4-14)11-19(20)21(15)16-5-7-17(22)8-6-16;21-16-5-3-14(4-6-16)20-15(12-22-9-1-2-10-22)13-24-19-8-7-17(23)11-18(19)20;1-11(20)16-10-22-17-8-7-14(21-2)9-15(17)18(16)12-3-5-13(19)6-4-12;1-10-9-19-15-7-6-13(18)8-14(15)16(10)11-2-4-12(17)5-3-11/h5-11,15,24H,2-4,12-14H2,1H3;4-9,12H,2-3,10-11,13-14H2,1H3;5-11,14H,2-4,12-13H2,1H3;3-8,11,23H,1-2,9-10,12-13H2;3-9H,10H2,1-2H3;2-8,18H,9H2,1H3. The van der Waals surface area contributed by atoms with E-state index in [2.05, 4.69) is 41.1 Å². The Kier molecular flexibility index (Phi) is 31.7. The number of likely N-dealkylation sites (tertiary alicyclic amines) is 2. The van der Waals surface area contributed by atoms with Crippen LogP contribution in [-0.4, -0.2) is 145 Å². The Balaban J connectivity index is 0.000000116. The first-order chi connectivity index (χ1) is 68.2. The number of hydrogen-bond donors (Lipinski definition) is 3. The van der Waals surface area contributed by atoms with E-state index in [1.54, 1.807) is 93.1 Å². The number of rotatable bonds is 23. The summed E-state index contributed by atoms with van der Waals surface area (Å²) in [5.74, 6) is 8.24. The number of carbonyl (C=O) groups excluding carboxylic acids is 1. The van der Waals surface area contributed by atoms with Gasteiger partial charge in [-0.15, -0.1) is 0 Å². The van der Waals surface area contributed by atoms with Gasteiger partial charge in [0.1, 0.15) is 144 Å². The maximum atomic E-state index is 13.4. The first-order valence-corrected chi connectivity index (χ1v) is 48.1. The second kappa shape index (κ2) is 45.6. The third-order valence-electron chi connectivity index (χ3n) is 26.2. The number of methoxy groups -OCH3 is 2. The van der Waals surface area contributed by atoms with E-state index in [0.717, 1.165) is 230 Å². The van der Waals surface area contributed by atoms with Crippen LogP contribution in [-0.2, 0) is 4.79 Å². The normalized spacial score (nSPS) is 16.0. The van der Waals surface area contributed by atoms with Crippen molar-refractivity contribution < 1.29 is 88.7 Å². The van der Waals surface area contributed by atoms with Gasteiger partial charge < -0.3 is 62.9 Å². The van der Waals surface area contributed by atoms with Crippen LogP contribution >= 0.6 is 0 Å². The van der Waals surface area contributed by atoms with Crippen LogP contribution in [0.15, 0.2) is 288 Å². The van der Waals surface area contributed by atoms with E-state index in [-0.39, 0.29) is 58.8 Å². The summed E-state index contributed by atoms with van der Waals surface area (Å²) >= 11 is 0. The Morgan fingerprint density at radius 2 is 0.636 bits per heavy atom. The monoisotopic (exact) mass is 1900 g/mol. The summed E-state index contributed by atoms with van der Waals surface area (Å²) in [5.41, 5.74) is 24.0. The molecular weight excluding hydrogens is 1780 g/mol. The van der Waals surface area contributed by atoms with Crippen molar-refractivity contribution in [3.8, 4) is 69.0 Å². The van der Waals surface area contributed by atoms with E-state index in [1.807, 2.05) is 97.9 Å². The predicted molar refractivity (Wildman–Crippen MR) is 536 cm³/mol. The topological polar surface area (TPSA) is 168 Å². The Morgan fingerprint density at radius 3 is 0.986 bits per heavy atom. The molecule has 0 unspecified atom stereocenters. The molecule has 0 amide bonds. The van der Waals surface area contributed by atoms with Gasteiger partial charge in [-0.2, -0.15) is 0 Å². The van der Waals surface area contributed by atoms with Crippen LogP contribution in [0, 0.1) is 46.7 Å². The average molecular weight is 1900 g/mol. The minimum atomic E-state index is -0.313. The first-order valence-electron chi connectivity index (χ1n) is 48.1. The number of halogens is 6. The van der Waals surface area contributed by atoms with Crippen LogP contribution in [0.5, 0.6) is 69.0 Å². The van der Waals surface area contributed by atoms with E-state index in [9.17, 15) is 41.4 Å². The van der Waals surface area contributed by atoms with Gasteiger partial charge in [0.05, 0.1) is 27.4 Å². The summed E-state index contributed by atoms with van der Waals surface area (Å²) in [4.78, 5) is 16.9. The van der Waals surface area contributed by atoms with Gasteiger partial charge in [-0.05, 0) is 387 Å². The molecule has 12 aromatic carbocycles. The summed E-state index contributed by atoms with van der Waals surface area (Å²) < 4.78 is 137. The lowest BCUT2D eigenvalue weighted by Gasteiger charge is -2.27. The molecule has 2 aliphatic carbocycles. The Hall–Kier alpha value is -14.2. The molecule has 8 aliphatic heterocycles. The zero-order valence-electron chi connectivity index (χ0n) is 79.6. The molecule has 0 aromatic heterocycles. The number of nitrogens with one attached hydrogen (secondary N) is 1. The van der Waals surface area contributed by atoms with Gasteiger partial charge in [0.2, 0.25) is 0 Å². The Bertz CT molecular complexity index is 6630. The molecule has 140 heavy (non-hydrogen) atoms. The molecule has 0 radical (unpaired) electrons. The third kappa shape index (κ3) is 24.2. The van der Waals surface area contributed by atoms with Gasteiger partial charge in [0, 0.05) is 64.2 Å². The fourth-order valence-electron chi connectivity index (χ4n) is 18.5. The summed E-state index contributed by atoms with van der Waals surface area (Å²) in [6, 6.07) is 72.7. The molecular formula is C118H115F6N3O13. The highest BCUT2D eigenvalue weighted by molar-refractivity contribution is 6.06. The van der Waals surface area contributed by atoms with Gasteiger partial charge in [-0.25, -0.2) is 26.3 Å². The van der Waals surface area contributed by atoms with Gasteiger partial charge in [0.25, 0.3) is 0 Å². The Morgan fingerprint density at radius 1 is 0.350 bits per heavy atom. The zero-order valence-corrected chi connectivity index (χ0v) is 79.6. The van der Waals surface area contributed by atoms with Crippen molar-refractivity contribution in [2.75, 3.05) is 119 Å². The molecule has 4 fully saturated rings. The molecule has 10 aliphatic rings. The molecule has 0 atom stereocenters. The fraction of sp³-hybridized carbons (Fsp3) is 0.280. The van der Waals surface area contributed by atoms with E-state index in [1.165, 1.54) is 153 Å². The molecule has 722 valence electrons.